The number of hydrogen-bond donors (Lipinski definition) is 2. The Labute approximate surface area is 84.4 Å². The van der Waals surface area contributed by atoms with Gasteiger partial charge in [0.15, 0.2) is 0 Å². The zero-order valence-electron chi connectivity index (χ0n) is 9.02. The molecule has 0 saturated carbocycles. The van der Waals surface area contributed by atoms with E-state index < -0.39 is 0 Å². The number of carbonyl (C=O) groups is 2. The first-order valence-electron chi connectivity index (χ1n) is 4.97. The average Bonchev–Trinajstić information content (AvgIpc) is 2.45. The molecule has 1 saturated heterocycles. The van der Waals surface area contributed by atoms with Crippen molar-refractivity contribution in [2.45, 2.75) is 39.7 Å². The van der Waals surface area contributed by atoms with E-state index in [1.165, 1.54) is 0 Å². The van der Waals surface area contributed by atoms with Crippen LogP contribution in [0.5, 0.6) is 0 Å². The van der Waals surface area contributed by atoms with Crippen LogP contribution < -0.4 is 10.6 Å². The van der Waals surface area contributed by atoms with E-state index in [1.807, 2.05) is 20.8 Å². The van der Waals surface area contributed by atoms with E-state index >= 15 is 0 Å². The van der Waals surface area contributed by atoms with E-state index in [9.17, 15) is 9.59 Å². The zero-order chi connectivity index (χ0) is 10.8. The minimum absolute atomic E-state index is 0.0265. The van der Waals surface area contributed by atoms with Crippen molar-refractivity contribution in [3.05, 3.63) is 0 Å². The molecule has 1 aliphatic rings. The van der Waals surface area contributed by atoms with Crippen LogP contribution in [0.4, 0.5) is 0 Å². The maximum atomic E-state index is 11.5. The highest BCUT2D eigenvalue weighted by atomic mass is 16.2. The van der Waals surface area contributed by atoms with E-state index in [2.05, 4.69) is 10.6 Å². The summed E-state index contributed by atoms with van der Waals surface area (Å²) in [5.41, 5.74) is -0.359. The van der Waals surface area contributed by atoms with Gasteiger partial charge in [-0.1, -0.05) is 20.8 Å². The molecule has 1 unspecified atom stereocenters. The van der Waals surface area contributed by atoms with Crippen molar-refractivity contribution >= 4 is 11.8 Å². The van der Waals surface area contributed by atoms with Crippen LogP contribution in [-0.2, 0) is 9.59 Å². The first-order valence-corrected chi connectivity index (χ1v) is 4.97. The van der Waals surface area contributed by atoms with Crippen molar-refractivity contribution in [1.82, 2.24) is 10.6 Å². The van der Waals surface area contributed by atoms with E-state index in [1.54, 1.807) is 0 Å². The van der Waals surface area contributed by atoms with Crippen LogP contribution in [0.15, 0.2) is 0 Å². The van der Waals surface area contributed by atoms with Crippen molar-refractivity contribution in [2.24, 2.45) is 5.41 Å². The minimum atomic E-state index is -0.359. The molecule has 0 aliphatic carbocycles. The van der Waals surface area contributed by atoms with Crippen LogP contribution in [0.3, 0.4) is 0 Å². The van der Waals surface area contributed by atoms with Crippen molar-refractivity contribution in [1.29, 1.82) is 0 Å². The molecular weight excluding hydrogens is 180 g/mol. The summed E-state index contributed by atoms with van der Waals surface area (Å²) in [6.07, 6.45) is 1.40. The Morgan fingerprint density at radius 2 is 2.21 bits per heavy atom. The van der Waals surface area contributed by atoms with Gasteiger partial charge in [-0.05, 0) is 6.42 Å². The molecule has 1 fully saturated rings. The molecular formula is C10H18N2O2. The summed E-state index contributed by atoms with van der Waals surface area (Å²) < 4.78 is 0. The summed E-state index contributed by atoms with van der Waals surface area (Å²) in [6.45, 7) is 6.16. The largest absolute Gasteiger partial charge is 0.354 e. The molecule has 4 nitrogen and oxygen atoms in total. The second kappa shape index (κ2) is 3.98. The van der Waals surface area contributed by atoms with Gasteiger partial charge in [0.25, 0.3) is 0 Å². The number of hydrogen-bond acceptors (Lipinski definition) is 2. The number of nitrogens with one attached hydrogen (secondary N) is 2. The van der Waals surface area contributed by atoms with E-state index in [4.69, 9.17) is 0 Å². The average molecular weight is 198 g/mol. The van der Waals surface area contributed by atoms with Crippen LogP contribution in [-0.4, -0.2) is 24.4 Å². The monoisotopic (exact) mass is 198 g/mol. The molecule has 1 atom stereocenters. The lowest BCUT2D eigenvalue weighted by atomic mass is 9.95. The van der Waals surface area contributed by atoms with Gasteiger partial charge in [0, 0.05) is 24.4 Å². The molecule has 2 N–H and O–H groups in total. The topological polar surface area (TPSA) is 58.2 Å². The fourth-order valence-corrected chi connectivity index (χ4v) is 1.31. The molecule has 0 aromatic heterocycles. The summed E-state index contributed by atoms with van der Waals surface area (Å²) in [6, 6.07) is 0.119. The molecule has 0 radical (unpaired) electrons. The van der Waals surface area contributed by atoms with Gasteiger partial charge in [-0.2, -0.15) is 0 Å². The summed E-state index contributed by atoms with van der Waals surface area (Å²) in [5, 5.41) is 5.64. The molecule has 1 aliphatic heterocycles. The highest BCUT2D eigenvalue weighted by Crippen LogP contribution is 2.13. The molecule has 2 amide bonds. The molecule has 0 bridgehead atoms. The third-order valence-corrected chi connectivity index (χ3v) is 2.28. The fraction of sp³-hybridized carbons (Fsp3) is 0.800. The Balaban J connectivity index is 2.28. The number of carbonyl (C=O) groups excluding carboxylic acids is 2. The maximum Gasteiger partial charge on any atom is 0.225 e. The lowest BCUT2D eigenvalue weighted by Gasteiger charge is -2.19. The second-order valence-electron chi connectivity index (χ2n) is 4.76. The molecule has 0 aromatic rings. The quantitative estimate of drug-likeness (QED) is 0.676. The molecule has 14 heavy (non-hydrogen) atoms. The van der Waals surface area contributed by atoms with E-state index in [0.29, 0.717) is 13.0 Å². The highest BCUT2D eigenvalue weighted by Gasteiger charge is 2.24. The number of rotatable bonds is 2. The van der Waals surface area contributed by atoms with Gasteiger partial charge in [0.1, 0.15) is 0 Å². The van der Waals surface area contributed by atoms with Crippen LogP contribution in [0, 0.1) is 5.41 Å². The lowest BCUT2D eigenvalue weighted by Crippen LogP contribution is -2.42. The Morgan fingerprint density at radius 1 is 1.57 bits per heavy atom. The normalized spacial score (nSPS) is 21.9. The van der Waals surface area contributed by atoms with Crippen LogP contribution in [0.1, 0.15) is 33.6 Å². The molecule has 80 valence electrons. The maximum absolute atomic E-state index is 11.5. The van der Waals surface area contributed by atoms with Crippen LogP contribution >= 0.6 is 0 Å². The SMILES string of the molecule is CC(C)(C)C(=O)NCC1CCC(=O)N1. The summed E-state index contributed by atoms with van der Waals surface area (Å²) in [4.78, 5) is 22.4. The van der Waals surface area contributed by atoms with Gasteiger partial charge in [0.2, 0.25) is 11.8 Å². The lowest BCUT2D eigenvalue weighted by molar-refractivity contribution is -0.128. The Kier molecular flexibility index (Phi) is 3.13. The zero-order valence-corrected chi connectivity index (χ0v) is 9.02. The van der Waals surface area contributed by atoms with Crippen molar-refractivity contribution in [2.75, 3.05) is 6.54 Å². The third kappa shape index (κ3) is 3.01. The van der Waals surface area contributed by atoms with Crippen LogP contribution in [0.2, 0.25) is 0 Å². The number of amides is 2. The van der Waals surface area contributed by atoms with Gasteiger partial charge in [-0.15, -0.1) is 0 Å². The van der Waals surface area contributed by atoms with Gasteiger partial charge in [-0.25, -0.2) is 0 Å². The van der Waals surface area contributed by atoms with Gasteiger partial charge in [-0.3, -0.25) is 9.59 Å². The van der Waals surface area contributed by atoms with Gasteiger partial charge < -0.3 is 10.6 Å². The third-order valence-electron chi connectivity index (χ3n) is 2.28. The Hall–Kier alpha value is -1.06. The first kappa shape index (κ1) is 11.0. The predicted octanol–water partition coefficient (Wildman–Crippen LogP) is 0.427. The molecule has 0 aromatic carbocycles. The first-order chi connectivity index (χ1) is 6.39. The summed E-state index contributed by atoms with van der Waals surface area (Å²) in [7, 11) is 0. The van der Waals surface area contributed by atoms with E-state index in [0.717, 1.165) is 6.42 Å². The standard InChI is InChI=1S/C10H18N2O2/c1-10(2,3)9(14)11-6-7-4-5-8(13)12-7/h7H,4-6H2,1-3H3,(H,11,14)(H,12,13). The summed E-state index contributed by atoms with van der Waals surface area (Å²) in [5.74, 6) is 0.110. The summed E-state index contributed by atoms with van der Waals surface area (Å²) >= 11 is 0. The molecule has 0 spiro atoms. The van der Waals surface area contributed by atoms with Gasteiger partial charge in [0.05, 0.1) is 0 Å². The van der Waals surface area contributed by atoms with Crippen molar-refractivity contribution in [3.63, 3.8) is 0 Å². The van der Waals surface area contributed by atoms with Crippen LogP contribution in [0.25, 0.3) is 0 Å². The van der Waals surface area contributed by atoms with E-state index in [-0.39, 0.29) is 23.3 Å². The van der Waals surface area contributed by atoms with Gasteiger partial charge >= 0.3 is 0 Å². The molecule has 1 heterocycles. The predicted molar refractivity (Wildman–Crippen MR) is 53.6 cm³/mol. The smallest absolute Gasteiger partial charge is 0.225 e. The highest BCUT2D eigenvalue weighted by molar-refractivity contribution is 5.82. The van der Waals surface area contributed by atoms with Crippen molar-refractivity contribution < 1.29 is 9.59 Å². The van der Waals surface area contributed by atoms with Crippen molar-refractivity contribution in [3.8, 4) is 0 Å². The minimum Gasteiger partial charge on any atom is -0.354 e. The Morgan fingerprint density at radius 3 is 2.64 bits per heavy atom. The molecule has 4 heteroatoms. The molecule has 1 rings (SSSR count). The fourth-order valence-electron chi connectivity index (χ4n) is 1.31. The Bertz CT molecular complexity index is 243. The second-order valence-corrected chi connectivity index (χ2v) is 4.76.